The molecule has 0 unspecified atom stereocenters. The zero-order valence-corrected chi connectivity index (χ0v) is 21.7. The summed E-state index contributed by atoms with van der Waals surface area (Å²) in [4.78, 5) is 18.3. The molecule has 196 valence electrons. The summed E-state index contributed by atoms with van der Waals surface area (Å²) < 4.78 is 65.5. The first-order valence-electron chi connectivity index (χ1n) is 9.48. The van der Waals surface area contributed by atoms with Crippen molar-refractivity contribution in [2.24, 2.45) is 0 Å². The maximum Gasteiger partial charge on any atom is 0.390 e. The first-order valence-corrected chi connectivity index (χ1v) is 13.3. The summed E-state index contributed by atoms with van der Waals surface area (Å²) in [5.41, 5.74) is 1.78. The smallest absolute Gasteiger partial charge is 0.390 e. The maximum atomic E-state index is 11.2. The molecule has 0 spiro atoms. The Kier molecular flexibility index (Phi) is 20.8. The Bertz CT molecular complexity index is 1220. The van der Waals surface area contributed by atoms with Crippen molar-refractivity contribution in [3.8, 4) is 36.0 Å². The number of aryl methyl sites for hydroxylation is 1. The molecule has 0 saturated heterocycles. The average Bonchev–Trinajstić information content (AvgIpc) is 2.78. The standard InChI is InChI=1S/C15H17N2O3P.C7H4.2H2O3S.H2/c1-2-16-11-5-3-7-14(16)9-10-15-8-4-6-12-17(15)13-21(18,19)20;1-3-5-7-6-4-2;2*1-4(2)3;/h3-12H,2,13H2,1H3;1H,2H3;2*(H2,1,2,3);1H/p-2. The number of rotatable bonds is 5. The highest BCUT2D eigenvalue weighted by Crippen LogP contribution is 2.34. The van der Waals surface area contributed by atoms with Gasteiger partial charge in [0.2, 0.25) is 17.7 Å². The molecular formula is C22H25N2O9PS2-2. The molecule has 0 bridgehead atoms. The molecule has 0 aromatic carbocycles. The first-order chi connectivity index (χ1) is 16.9. The van der Waals surface area contributed by atoms with Crippen LogP contribution >= 0.6 is 7.60 Å². The number of hydrogen-bond donors (Lipinski definition) is 2. The van der Waals surface area contributed by atoms with Crippen molar-refractivity contribution < 1.29 is 51.5 Å². The quantitative estimate of drug-likeness (QED) is 0.228. The van der Waals surface area contributed by atoms with Crippen LogP contribution in [0.4, 0.5) is 0 Å². The van der Waals surface area contributed by atoms with Crippen LogP contribution in [-0.2, 0) is 40.1 Å². The molecule has 2 aromatic heterocycles. The first kappa shape index (κ1) is 35.2. The third kappa shape index (κ3) is 22.8. The van der Waals surface area contributed by atoms with Gasteiger partial charge in [-0.2, -0.15) is 9.13 Å². The predicted molar refractivity (Wildman–Crippen MR) is 131 cm³/mol. The van der Waals surface area contributed by atoms with Gasteiger partial charge in [-0.05, 0) is 49.7 Å². The molecule has 36 heavy (non-hydrogen) atoms. The van der Waals surface area contributed by atoms with E-state index in [-0.39, 0.29) is 7.71 Å². The largest absolute Gasteiger partial charge is 0.784 e. The van der Waals surface area contributed by atoms with Crippen LogP contribution in [0, 0.1) is 36.0 Å². The monoisotopic (exact) mass is 556 g/mol. The van der Waals surface area contributed by atoms with E-state index in [2.05, 4.69) is 41.1 Å². The van der Waals surface area contributed by atoms with E-state index in [1.807, 2.05) is 48.7 Å². The van der Waals surface area contributed by atoms with E-state index in [9.17, 15) is 4.57 Å². The predicted octanol–water partition coefficient (Wildman–Crippen LogP) is 0.471. The van der Waals surface area contributed by atoms with Crippen LogP contribution in [-0.4, -0.2) is 36.4 Å². The summed E-state index contributed by atoms with van der Waals surface area (Å²) in [5.74, 6) is 12.0. The molecule has 0 fully saturated rings. The minimum absolute atomic E-state index is 0. The lowest BCUT2D eigenvalue weighted by Crippen LogP contribution is -2.36. The van der Waals surface area contributed by atoms with Crippen molar-refractivity contribution in [1.82, 2.24) is 0 Å². The van der Waals surface area contributed by atoms with E-state index in [1.165, 1.54) is 0 Å². The Morgan fingerprint density at radius 1 is 0.944 bits per heavy atom. The molecule has 0 aliphatic heterocycles. The second-order valence-electron chi connectivity index (χ2n) is 5.82. The summed E-state index contributed by atoms with van der Waals surface area (Å²) in [5, 5.41) is 0. The van der Waals surface area contributed by atoms with Gasteiger partial charge in [-0.25, -0.2) is 0 Å². The lowest BCUT2D eigenvalue weighted by Gasteiger charge is -2.03. The van der Waals surface area contributed by atoms with Crippen molar-refractivity contribution >= 4 is 42.5 Å². The van der Waals surface area contributed by atoms with E-state index in [0.717, 1.165) is 17.9 Å². The fourth-order valence-corrected chi connectivity index (χ4v) is 2.85. The van der Waals surface area contributed by atoms with Gasteiger partial charge in [0.15, 0.2) is 12.4 Å². The van der Waals surface area contributed by atoms with Crippen LogP contribution in [0.25, 0.3) is 12.2 Å². The van der Waals surface area contributed by atoms with Crippen LogP contribution in [0.3, 0.4) is 0 Å². The molecule has 2 N–H and O–H groups in total. The van der Waals surface area contributed by atoms with E-state index in [4.69, 9.17) is 42.8 Å². The van der Waals surface area contributed by atoms with Crippen LogP contribution in [0.15, 0.2) is 48.8 Å². The molecule has 0 saturated carbocycles. The Morgan fingerprint density at radius 3 is 1.78 bits per heavy atom. The molecule has 14 heteroatoms. The Morgan fingerprint density at radius 2 is 1.39 bits per heavy atom. The van der Waals surface area contributed by atoms with Crippen LogP contribution < -0.4 is 9.13 Å². The molecular weight excluding hydrogens is 531 g/mol. The molecule has 0 aliphatic rings. The maximum absolute atomic E-state index is 11.2. The zero-order valence-electron chi connectivity index (χ0n) is 19.2. The van der Waals surface area contributed by atoms with Crippen molar-refractivity contribution in [3.05, 3.63) is 60.2 Å². The molecule has 11 nitrogen and oxygen atoms in total. The lowest BCUT2D eigenvalue weighted by molar-refractivity contribution is -0.695. The topological polar surface area (TPSA) is 192 Å². The SMILES string of the molecule is C#CC#CC#CC.CC[n+]1ccccc1C=Cc1cccc[n+]1CP(=O)(O)O.O=S([O-])[O-].O=S([O-])[O-].[HH]. The van der Waals surface area contributed by atoms with Gasteiger partial charge >= 0.3 is 7.60 Å². The van der Waals surface area contributed by atoms with Crippen LogP contribution in [0.2, 0.25) is 0 Å². The molecule has 0 atom stereocenters. The van der Waals surface area contributed by atoms with E-state index in [0.29, 0.717) is 0 Å². The highest BCUT2D eigenvalue weighted by atomic mass is 32.2. The van der Waals surface area contributed by atoms with Crippen molar-refractivity contribution in [3.63, 3.8) is 0 Å². The number of hydrogen-bond acceptors (Lipinski definition) is 7. The van der Waals surface area contributed by atoms with E-state index in [1.54, 1.807) is 23.8 Å². The van der Waals surface area contributed by atoms with Gasteiger partial charge in [0, 0.05) is 37.8 Å². The van der Waals surface area contributed by atoms with Gasteiger partial charge in [0.05, 0.1) is 0 Å². The third-order valence-electron chi connectivity index (χ3n) is 3.38. The van der Waals surface area contributed by atoms with Gasteiger partial charge in [0.1, 0.15) is 6.54 Å². The molecule has 0 radical (unpaired) electrons. The second kappa shape index (κ2) is 21.3. The Balaban J connectivity index is -0.000000597. The number of terminal acetylenes is 1. The summed E-state index contributed by atoms with van der Waals surface area (Å²) in [6.45, 7) is 4.64. The Hall–Kier alpha value is -2.99. The van der Waals surface area contributed by atoms with Gasteiger partial charge in [-0.3, -0.25) is 13.0 Å². The van der Waals surface area contributed by atoms with Gasteiger partial charge in [-0.15, -0.1) is 29.1 Å². The fourth-order valence-electron chi connectivity index (χ4n) is 2.20. The summed E-state index contributed by atoms with van der Waals surface area (Å²) in [7, 11) is -4.10. The van der Waals surface area contributed by atoms with Crippen LogP contribution in [0.1, 0.15) is 26.7 Å². The fraction of sp³-hybridized carbons (Fsp3) is 0.182. The van der Waals surface area contributed by atoms with E-state index < -0.39 is 30.3 Å². The zero-order chi connectivity index (χ0) is 28.0. The van der Waals surface area contributed by atoms with Gasteiger partial charge in [-0.1, -0.05) is 5.92 Å². The lowest BCUT2D eigenvalue weighted by atomic mass is 10.2. The van der Waals surface area contributed by atoms with Gasteiger partial charge < -0.3 is 28.0 Å². The molecule has 0 aliphatic carbocycles. The second-order valence-corrected chi connectivity index (χ2v) is 8.25. The normalized spacial score (nSPS) is 9.58. The van der Waals surface area contributed by atoms with E-state index >= 15 is 0 Å². The Labute approximate surface area is 216 Å². The summed E-state index contributed by atoms with van der Waals surface area (Å²) in [6, 6.07) is 11.3. The molecule has 2 heterocycles. The van der Waals surface area contributed by atoms with Crippen molar-refractivity contribution in [2.45, 2.75) is 26.7 Å². The summed E-state index contributed by atoms with van der Waals surface area (Å²) >= 11 is -6.22. The third-order valence-corrected chi connectivity index (χ3v) is 4.05. The summed E-state index contributed by atoms with van der Waals surface area (Å²) in [6.07, 6.45) is 11.9. The van der Waals surface area contributed by atoms with Crippen molar-refractivity contribution in [1.29, 1.82) is 0 Å². The highest BCUT2D eigenvalue weighted by Gasteiger charge is 2.22. The van der Waals surface area contributed by atoms with Gasteiger partial charge in [0.25, 0.3) is 0 Å². The molecule has 2 rings (SSSR count). The molecule has 0 amide bonds. The van der Waals surface area contributed by atoms with Crippen LogP contribution in [0.5, 0.6) is 0 Å². The number of nitrogens with zero attached hydrogens (tertiary/aromatic N) is 2. The minimum atomic E-state index is -4.10. The number of aromatic nitrogens is 2. The number of pyridine rings is 2. The van der Waals surface area contributed by atoms with Crippen molar-refractivity contribution in [2.75, 3.05) is 0 Å². The highest BCUT2D eigenvalue weighted by molar-refractivity contribution is 7.73. The molecule has 2 aromatic rings. The average molecular weight is 557 g/mol. The minimum Gasteiger partial charge on any atom is -0.784 e.